The molecule has 4 aromatic rings. The van der Waals surface area contributed by atoms with Gasteiger partial charge < -0.3 is 10.6 Å². The predicted octanol–water partition coefficient (Wildman–Crippen LogP) is 3.93. The second-order valence-electron chi connectivity index (χ2n) is 7.64. The van der Waals surface area contributed by atoms with Crippen LogP contribution in [-0.2, 0) is 6.18 Å². The summed E-state index contributed by atoms with van der Waals surface area (Å²) >= 11 is 0. The molecule has 3 heterocycles. The van der Waals surface area contributed by atoms with Gasteiger partial charge in [0.2, 0.25) is 0 Å². The molecule has 0 radical (unpaired) electrons. The maximum atomic E-state index is 12.9. The van der Waals surface area contributed by atoms with Crippen molar-refractivity contribution in [2.24, 2.45) is 0 Å². The maximum Gasteiger partial charge on any atom is 0.418 e. The minimum atomic E-state index is -4.65. The topological polar surface area (TPSA) is 123 Å². The first-order valence-corrected chi connectivity index (χ1v) is 10.5. The lowest BCUT2D eigenvalue weighted by atomic mass is 9.99. The zero-order valence-corrected chi connectivity index (χ0v) is 19.0. The summed E-state index contributed by atoms with van der Waals surface area (Å²) in [6, 6.07) is 9.04. The van der Waals surface area contributed by atoms with Gasteiger partial charge in [0.1, 0.15) is 12.0 Å². The monoisotopic (exact) mass is 493 g/mol. The van der Waals surface area contributed by atoms with Crippen LogP contribution in [0.5, 0.6) is 0 Å². The fourth-order valence-electron chi connectivity index (χ4n) is 3.33. The first-order valence-electron chi connectivity index (χ1n) is 10.5. The molecule has 1 aromatic carbocycles. The van der Waals surface area contributed by atoms with Crippen LogP contribution in [0.25, 0.3) is 22.4 Å². The van der Waals surface area contributed by atoms with Gasteiger partial charge in [-0.3, -0.25) is 14.6 Å². The lowest BCUT2D eigenvalue weighted by molar-refractivity contribution is -0.137. The average molecular weight is 493 g/mol. The number of aromatic nitrogens is 5. The van der Waals surface area contributed by atoms with Gasteiger partial charge in [0.25, 0.3) is 11.8 Å². The van der Waals surface area contributed by atoms with Crippen molar-refractivity contribution in [3.05, 3.63) is 83.8 Å². The van der Waals surface area contributed by atoms with Gasteiger partial charge >= 0.3 is 6.18 Å². The predicted molar refractivity (Wildman–Crippen MR) is 124 cm³/mol. The van der Waals surface area contributed by atoms with Gasteiger partial charge in [0, 0.05) is 36.3 Å². The van der Waals surface area contributed by atoms with Crippen molar-refractivity contribution in [3.8, 4) is 22.4 Å². The molecular weight excluding hydrogens is 475 g/mol. The normalized spacial score (nSPS) is 11.1. The molecule has 0 saturated heterocycles. The molecule has 0 aliphatic carbocycles. The Bertz CT molecular complexity index is 1460. The molecule has 2 amide bonds. The Kier molecular flexibility index (Phi) is 6.68. The third-order valence-electron chi connectivity index (χ3n) is 5.18. The number of halogens is 3. The number of amides is 2. The van der Waals surface area contributed by atoms with Gasteiger partial charge in [0.05, 0.1) is 17.5 Å². The van der Waals surface area contributed by atoms with Crippen LogP contribution in [0, 0.1) is 6.92 Å². The third-order valence-corrected chi connectivity index (χ3v) is 5.18. The van der Waals surface area contributed by atoms with Crippen LogP contribution in [0.2, 0.25) is 0 Å². The Morgan fingerprint density at radius 2 is 1.67 bits per heavy atom. The van der Waals surface area contributed by atoms with Crippen molar-refractivity contribution in [2.45, 2.75) is 13.1 Å². The lowest BCUT2D eigenvalue weighted by Crippen LogP contribution is -2.19. The number of alkyl halides is 3. The van der Waals surface area contributed by atoms with E-state index in [1.807, 2.05) is 13.0 Å². The van der Waals surface area contributed by atoms with Crippen LogP contribution in [0.15, 0.2) is 61.3 Å². The molecule has 3 aromatic heterocycles. The number of aryl methyl sites for hydroxylation is 1. The van der Waals surface area contributed by atoms with Crippen LogP contribution in [-0.4, -0.2) is 44.0 Å². The average Bonchev–Trinajstić information content (AvgIpc) is 2.89. The van der Waals surface area contributed by atoms with Crippen LogP contribution >= 0.6 is 0 Å². The Morgan fingerprint density at radius 1 is 0.889 bits per heavy atom. The molecule has 0 bridgehead atoms. The quantitative estimate of drug-likeness (QED) is 0.432. The van der Waals surface area contributed by atoms with Crippen molar-refractivity contribution in [3.63, 3.8) is 0 Å². The molecule has 0 aliphatic rings. The van der Waals surface area contributed by atoms with Crippen LogP contribution in [0.3, 0.4) is 0 Å². The maximum absolute atomic E-state index is 12.9. The Balaban J connectivity index is 1.63. The first-order chi connectivity index (χ1) is 17.2. The molecular formula is C24H18F3N7O2. The number of benzene rings is 1. The number of nitrogens with one attached hydrogen (secondary N) is 2. The lowest BCUT2D eigenvalue weighted by Gasteiger charge is -2.12. The molecule has 0 saturated carbocycles. The van der Waals surface area contributed by atoms with E-state index in [9.17, 15) is 22.8 Å². The number of rotatable bonds is 5. The highest BCUT2D eigenvalue weighted by molar-refractivity contribution is 6.03. The van der Waals surface area contributed by atoms with Gasteiger partial charge in [0.15, 0.2) is 5.69 Å². The molecule has 9 nitrogen and oxygen atoms in total. The highest BCUT2D eigenvalue weighted by Crippen LogP contribution is 2.30. The molecule has 0 fully saturated rings. The number of carbonyl (C=O) groups excluding carboxylic acids is 2. The summed E-state index contributed by atoms with van der Waals surface area (Å²) < 4.78 is 38.8. The summed E-state index contributed by atoms with van der Waals surface area (Å²) in [4.78, 5) is 36.9. The van der Waals surface area contributed by atoms with E-state index < -0.39 is 23.3 Å². The zero-order chi connectivity index (χ0) is 25.9. The van der Waals surface area contributed by atoms with Crippen LogP contribution < -0.4 is 10.6 Å². The fraction of sp³-hybridized carbons (Fsp3) is 0.125. The van der Waals surface area contributed by atoms with Crippen molar-refractivity contribution in [1.29, 1.82) is 0 Å². The van der Waals surface area contributed by atoms with Gasteiger partial charge in [-0.05, 0) is 48.4 Å². The van der Waals surface area contributed by atoms with E-state index in [0.29, 0.717) is 34.8 Å². The first kappa shape index (κ1) is 24.4. The summed E-state index contributed by atoms with van der Waals surface area (Å²) in [6.07, 6.45) is 0.398. The van der Waals surface area contributed by atoms with E-state index in [-0.39, 0.29) is 11.6 Å². The van der Waals surface area contributed by atoms with E-state index in [2.05, 4.69) is 35.8 Å². The standard InChI is InChI=1S/C24H18F3N7O2/c1-13-3-4-17(33-23(36)21-6-16(11-32-34-21)24(25,26)27)7-18(13)14-5-15(10-29-9-14)19-8-20(22(35)28-2)31-12-30-19/h3-12H,1-2H3,(H,28,35)(H,33,36). The fourth-order valence-corrected chi connectivity index (χ4v) is 3.33. The molecule has 0 unspecified atom stereocenters. The van der Waals surface area contributed by atoms with E-state index in [1.165, 1.54) is 13.4 Å². The summed E-state index contributed by atoms with van der Waals surface area (Å²) in [6.45, 7) is 1.86. The molecule has 36 heavy (non-hydrogen) atoms. The van der Waals surface area contributed by atoms with Crippen molar-refractivity contribution in [2.75, 3.05) is 12.4 Å². The highest BCUT2D eigenvalue weighted by Gasteiger charge is 2.32. The smallest absolute Gasteiger partial charge is 0.354 e. The van der Waals surface area contributed by atoms with E-state index in [4.69, 9.17) is 0 Å². The Morgan fingerprint density at radius 3 is 2.42 bits per heavy atom. The minimum Gasteiger partial charge on any atom is -0.354 e. The Hall–Kier alpha value is -4.74. The van der Waals surface area contributed by atoms with E-state index >= 15 is 0 Å². The molecule has 2 N–H and O–H groups in total. The molecule has 4 rings (SSSR count). The van der Waals surface area contributed by atoms with Crippen molar-refractivity contribution in [1.82, 2.24) is 30.5 Å². The minimum absolute atomic E-state index is 0.200. The largest absolute Gasteiger partial charge is 0.418 e. The Labute approximate surface area is 202 Å². The van der Waals surface area contributed by atoms with Crippen LogP contribution in [0.4, 0.5) is 18.9 Å². The molecule has 0 aliphatic heterocycles. The van der Waals surface area contributed by atoms with E-state index in [0.717, 1.165) is 11.1 Å². The van der Waals surface area contributed by atoms with Gasteiger partial charge in [-0.1, -0.05) is 6.07 Å². The number of anilines is 1. The van der Waals surface area contributed by atoms with Crippen molar-refractivity contribution < 1.29 is 22.8 Å². The number of nitrogens with zero attached hydrogens (tertiary/aromatic N) is 5. The third kappa shape index (κ3) is 5.32. The van der Waals surface area contributed by atoms with Gasteiger partial charge in [-0.25, -0.2) is 9.97 Å². The highest BCUT2D eigenvalue weighted by atomic mass is 19.4. The number of hydrogen-bond acceptors (Lipinski definition) is 7. The summed E-state index contributed by atoms with van der Waals surface area (Å²) in [5.41, 5.74) is 2.40. The second-order valence-corrected chi connectivity index (χ2v) is 7.64. The molecule has 0 spiro atoms. The number of carbonyl (C=O) groups is 2. The van der Waals surface area contributed by atoms with Gasteiger partial charge in [-0.15, -0.1) is 5.10 Å². The number of pyridine rings is 1. The van der Waals surface area contributed by atoms with E-state index in [1.54, 1.807) is 36.7 Å². The summed E-state index contributed by atoms with van der Waals surface area (Å²) in [5.74, 6) is -1.19. The molecule has 182 valence electrons. The number of hydrogen-bond donors (Lipinski definition) is 2. The molecule has 0 atom stereocenters. The van der Waals surface area contributed by atoms with Crippen LogP contribution in [0.1, 0.15) is 32.1 Å². The zero-order valence-electron chi connectivity index (χ0n) is 19.0. The molecule has 12 heteroatoms. The SMILES string of the molecule is CNC(=O)c1cc(-c2cncc(-c3cc(NC(=O)c4cc(C(F)(F)F)cnn4)ccc3C)c2)ncn1. The summed E-state index contributed by atoms with van der Waals surface area (Å²) in [5, 5.41) is 11.8. The second kappa shape index (κ2) is 9.86. The van der Waals surface area contributed by atoms with Crippen molar-refractivity contribution >= 4 is 17.5 Å². The summed E-state index contributed by atoms with van der Waals surface area (Å²) in [7, 11) is 1.50. The van der Waals surface area contributed by atoms with Gasteiger partial charge in [-0.2, -0.15) is 18.3 Å².